The molecule has 1 N–H and O–H groups in total. The molecule has 3 aliphatic rings. The topological polar surface area (TPSA) is 82.6 Å². The minimum Gasteiger partial charge on any atom is -0.370 e. The van der Waals surface area contributed by atoms with Crippen LogP contribution in [-0.2, 0) is 4.79 Å². The molecule has 3 amide bonds. The van der Waals surface area contributed by atoms with E-state index in [9.17, 15) is 14.4 Å². The summed E-state index contributed by atoms with van der Waals surface area (Å²) < 4.78 is 0. The van der Waals surface area contributed by atoms with Crippen LogP contribution in [0.2, 0.25) is 0 Å². The molecule has 3 heterocycles. The summed E-state index contributed by atoms with van der Waals surface area (Å²) in [6.07, 6.45) is 7.92. The molecule has 168 valence electrons. The Morgan fingerprint density at radius 1 is 1.16 bits per heavy atom. The zero-order valence-corrected chi connectivity index (χ0v) is 19.1. The van der Waals surface area contributed by atoms with Crippen molar-refractivity contribution in [1.29, 1.82) is 0 Å². The van der Waals surface area contributed by atoms with Crippen molar-refractivity contribution in [3.05, 3.63) is 45.9 Å². The predicted molar refractivity (Wildman–Crippen MR) is 123 cm³/mol. The Hall–Kier alpha value is -2.74. The highest BCUT2D eigenvalue weighted by Crippen LogP contribution is 2.38. The monoisotopic (exact) mass is 452 g/mol. The number of carbonyl (C=O) groups is 3. The Bertz CT molecular complexity index is 1030. The summed E-state index contributed by atoms with van der Waals surface area (Å²) in [5, 5.41) is 5.81. The van der Waals surface area contributed by atoms with Crippen LogP contribution in [0.25, 0.3) is 0 Å². The number of thiazole rings is 1. The normalized spacial score (nSPS) is 22.3. The van der Waals surface area contributed by atoms with E-state index in [1.54, 1.807) is 12.3 Å². The van der Waals surface area contributed by atoms with Crippen LogP contribution in [0.5, 0.6) is 0 Å². The molecule has 5 rings (SSSR count). The second kappa shape index (κ2) is 8.65. The third kappa shape index (κ3) is 3.70. The van der Waals surface area contributed by atoms with Gasteiger partial charge in [-0.05, 0) is 44.7 Å². The zero-order valence-electron chi connectivity index (χ0n) is 18.3. The van der Waals surface area contributed by atoms with Crippen molar-refractivity contribution in [3.8, 4) is 0 Å². The molecule has 2 aliphatic heterocycles. The smallest absolute Gasteiger partial charge is 0.264 e. The molecule has 2 atom stereocenters. The predicted octanol–water partition coefficient (Wildman–Crippen LogP) is 3.78. The zero-order chi connectivity index (χ0) is 22.2. The summed E-state index contributed by atoms with van der Waals surface area (Å²) >= 11 is 1.44. The number of amides is 3. The molecular formula is C24H28N4O3S. The van der Waals surface area contributed by atoms with E-state index in [1.165, 1.54) is 29.1 Å². The van der Waals surface area contributed by atoms with Crippen molar-refractivity contribution in [3.63, 3.8) is 0 Å². The molecule has 32 heavy (non-hydrogen) atoms. The van der Waals surface area contributed by atoms with Crippen LogP contribution in [0.3, 0.4) is 0 Å². The number of nitrogens with one attached hydrogen (secondary N) is 1. The highest BCUT2D eigenvalue weighted by molar-refractivity contribution is 7.09. The van der Waals surface area contributed by atoms with Gasteiger partial charge in [0.15, 0.2) is 0 Å². The number of imide groups is 1. The van der Waals surface area contributed by atoms with Crippen molar-refractivity contribution < 1.29 is 14.4 Å². The summed E-state index contributed by atoms with van der Waals surface area (Å²) in [6, 6.07) is 5.35. The average molecular weight is 453 g/mol. The number of aromatic nitrogens is 1. The Morgan fingerprint density at radius 3 is 2.72 bits per heavy atom. The second-order valence-electron chi connectivity index (χ2n) is 9.00. The maximum Gasteiger partial charge on any atom is 0.264 e. The Labute approximate surface area is 191 Å². The SMILES string of the molecule is C[C@H](c1nccs1)N1C(=O)c2cccc(N3CCC[C@@H](C(=O)NC4CCCC4)C3)c2C1=O. The first kappa shape index (κ1) is 21.1. The lowest BCUT2D eigenvalue weighted by atomic mass is 9.95. The lowest BCUT2D eigenvalue weighted by Crippen LogP contribution is -2.45. The standard InChI is InChI=1S/C24H28N4O3S/c1-15(22-25-11-13-32-22)28-23(30)18-9-4-10-19(20(18)24(28)31)27-12-5-6-16(14-27)21(29)26-17-7-2-3-8-17/h4,9-11,13,15-17H,2-3,5-8,12,14H2,1H3,(H,26,29)/t15-,16-/m1/s1. The van der Waals surface area contributed by atoms with E-state index >= 15 is 0 Å². The van der Waals surface area contributed by atoms with Crippen molar-refractivity contribution >= 4 is 34.7 Å². The van der Waals surface area contributed by atoms with E-state index in [0.29, 0.717) is 23.7 Å². The highest BCUT2D eigenvalue weighted by Gasteiger charge is 2.42. The molecule has 0 bridgehead atoms. The number of hydrogen-bond acceptors (Lipinski definition) is 6. The third-order valence-electron chi connectivity index (χ3n) is 6.95. The fourth-order valence-electron chi connectivity index (χ4n) is 5.25. The second-order valence-corrected chi connectivity index (χ2v) is 9.93. The highest BCUT2D eigenvalue weighted by atomic mass is 32.1. The number of anilines is 1. The molecule has 8 heteroatoms. The molecule has 1 aromatic heterocycles. The van der Waals surface area contributed by atoms with Gasteiger partial charge < -0.3 is 10.2 Å². The molecule has 1 aromatic carbocycles. The van der Waals surface area contributed by atoms with Crippen LogP contribution in [0.4, 0.5) is 5.69 Å². The number of hydrogen-bond donors (Lipinski definition) is 1. The van der Waals surface area contributed by atoms with Crippen molar-refractivity contribution in [1.82, 2.24) is 15.2 Å². The van der Waals surface area contributed by atoms with E-state index in [2.05, 4.69) is 15.2 Å². The van der Waals surface area contributed by atoms with E-state index in [4.69, 9.17) is 0 Å². The van der Waals surface area contributed by atoms with Crippen LogP contribution in [0.15, 0.2) is 29.8 Å². The summed E-state index contributed by atoms with van der Waals surface area (Å²) in [5.41, 5.74) is 1.65. The van der Waals surface area contributed by atoms with Crippen molar-refractivity contribution in [2.75, 3.05) is 18.0 Å². The van der Waals surface area contributed by atoms with Gasteiger partial charge in [0.1, 0.15) is 5.01 Å². The van der Waals surface area contributed by atoms with Crippen LogP contribution in [-0.4, -0.2) is 46.7 Å². The number of rotatable bonds is 5. The molecule has 2 fully saturated rings. The van der Waals surface area contributed by atoms with Crippen LogP contribution >= 0.6 is 11.3 Å². The summed E-state index contributed by atoms with van der Waals surface area (Å²) in [6.45, 7) is 3.18. The van der Waals surface area contributed by atoms with Gasteiger partial charge >= 0.3 is 0 Å². The van der Waals surface area contributed by atoms with Crippen molar-refractivity contribution in [2.24, 2.45) is 5.92 Å². The van der Waals surface area contributed by atoms with Crippen molar-refractivity contribution in [2.45, 2.75) is 57.5 Å². The number of benzene rings is 1. The molecule has 2 aromatic rings. The van der Waals surface area contributed by atoms with Gasteiger partial charge in [-0.1, -0.05) is 18.9 Å². The molecule has 0 spiro atoms. The van der Waals surface area contributed by atoms with Crippen LogP contribution < -0.4 is 10.2 Å². The van der Waals surface area contributed by atoms with Gasteiger partial charge in [-0.3, -0.25) is 19.3 Å². The van der Waals surface area contributed by atoms with Gasteiger partial charge in [0, 0.05) is 30.7 Å². The Kier molecular flexibility index (Phi) is 5.71. The summed E-state index contributed by atoms with van der Waals surface area (Å²) in [7, 11) is 0. The lowest BCUT2D eigenvalue weighted by molar-refractivity contribution is -0.125. The maximum absolute atomic E-state index is 13.4. The summed E-state index contributed by atoms with van der Waals surface area (Å²) in [4.78, 5) is 47.2. The molecular weight excluding hydrogens is 424 g/mol. The molecule has 1 aliphatic carbocycles. The van der Waals surface area contributed by atoms with Gasteiger partial charge in [0.2, 0.25) is 5.91 Å². The van der Waals surface area contributed by atoms with Gasteiger partial charge in [0.05, 0.1) is 28.8 Å². The number of carbonyl (C=O) groups excluding carboxylic acids is 3. The minimum atomic E-state index is -0.415. The number of fused-ring (bicyclic) bond motifs is 1. The first-order valence-electron chi connectivity index (χ1n) is 11.5. The van der Waals surface area contributed by atoms with Gasteiger partial charge in [-0.2, -0.15) is 0 Å². The lowest BCUT2D eigenvalue weighted by Gasteiger charge is -2.35. The molecule has 7 nitrogen and oxygen atoms in total. The van der Waals surface area contributed by atoms with E-state index < -0.39 is 6.04 Å². The third-order valence-corrected chi connectivity index (χ3v) is 7.90. The average Bonchev–Trinajstić information content (AvgIpc) is 3.56. The number of piperidine rings is 1. The quantitative estimate of drug-likeness (QED) is 0.698. The van der Waals surface area contributed by atoms with Crippen LogP contribution in [0.1, 0.15) is 77.2 Å². The van der Waals surface area contributed by atoms with Gasteiger partial charge in [-0.15, -0.1) is 11.3 Å². The first-order valence-corrected chi connectivity index (χ1v) is 12.4. The van der Waals surface area contributed by atoms with Crippen LogP contribution in [0, 0.1) is 5.92 Å². The van der Waals surface area contributed by atoms with Gasteiger partial charge in [0.25, 0.3) is 11.8 Å². The number of nitrogens with zero attached hydrogens (tertiary/aromatic N) is 3. The van der Waals surface area contributed by atoms with E-state index in [1.807, 2.05) is 24.4 Å². The fourth-order valence-corrected chi connectivity index (χ4v) is 5.94. The molecule has 0 unspecified atom stereocenters. The first-order chi connectivity index (χ1) is 15.5. The fraction of sp³-hybridized carbons (Fsp3) is 0.500. The minimum absolute atomic E-state index is 0.0993. The van der Waals surface area contributed by atoms with Gasteiger partial charge in [-0.25, -0.2) is 4.98 Å². The largest absolute Gasteiger partial charge is 0.370 e. The Balaban J connectivity index is 1.38. The summed E-state index contributed by atoms with van der Waals surface area (Å²) in [5.74, 6) is -0.531. The maximum atomic E-state index is 13.4. The van der Waals surface area contributed by atoms with E-state index in [0.717, 1.165) is 42.9 Å². The molecule has 0 radical (unpaired) electrons. The van der Waals surface area contributed by atoms with E-state index in [-0.39, 0.29) is 23.6 Å². The molecule has 1 saturated heterocycles. The molecule has 1 saturated carbocycles. The Morgan fingerprint density at radius 2 is 1.97 bits per heavy atom.